The van der Waals surface area contributed by atoms with Gasteiger partial charge in [0.25, 0.3) is 11.8 Å². The number of hydrogen-bond acceptors (Lipinski definition) is 9. The minimum atomic E-state index is -0.837. The van der Waals surface area contributed by atoms with Crippen molar-refractivity contribution in [2.75, 3.05) is 14.2 Å². The van der Waals surface area contributed by atoms with Gasteiger partial charge in [-0.1, -0.05) is 71.4 Å². The van der Waals surface area contributed by atoms with Crippen molar-refractivity contribution in [3.8, 4) is 0 Å². The highest BCUT2D eigenvalue weighted by atomic mass is 32.1. The van der Waals surface area contributed by atoms with Crippen molar-refractivity contribution >= 4 is 41.0 Å². The molecular formula is C38H53N5O7S. The summed E-state index contributed by atoms with van der Waals surface area (Å²) >= 11 is 1.19. The van der Waals surface area contributed by atoms with Gasteiger partial charge in [0.15, 0.2) is 6.10 Å². The maximum absolute atomic E-state index is 14.1. The standard InChI is InChI=1S/C38H53N5O7S/c1-10-24(4)33(41-35(46)30-17-14-18-42(30)7)37(47)43(8)31(23(2)3)21-32(50-26(6)44)36-40-29(22-51-36)34(45)39-28(19-25(5)38(48)49-9)20-27-15-12-11-13-16-27/h11-18,22-25,28,31-33H,10,19-21H2,1-9H3,(H,39,45)(H,41,46)/t24-,25-,28+,31+,32+,33-/m0/s1. The van der Waals surface area contributed by atoms with Crippen LogP contribution < -0.4 is 10.6 Å². The zero-order chi connectivity index (χ0) is 37.8. The van der Waals surface area contributed by atoms with Crippen LogP contribution in [0.15, 0.2) is 54.0 Å². The van der Waals surface area contributed by atoms with Crippen molar-refractivity contribution in [1.29, 1.82) is 0 Å². The highest BCUT2D eigenvalue weighted by molar-refractivity contribution is 7.09. The van der Waals surface area contributed by atoms with Crippen LogP contribution in [0.5, 0.6) is 0 Å². The summed E-state index contributed by atoms with van der Waals surface area (Å²) in [6.07, 6.45) is 2.68. The summed E-state index contributed by atoms with van der Waals surface area (Å²) in [5.74, 6) is -2.55. The first-order valence-electron chi connectivity index (χ1n) is 17.4. The minimum Gasteiger partial charge on any atom is -0.469 e. The number of methoxy groups -OCH3 is 1. The van der Waals surface area contributed by atoms with Gasteiger partial charge in [-0.2, -0.15) is 0 Å². The first kappa shape index (κ1) is 40.9. The van der Waals surface area contributed by atoms with Crippen LogP contribution in [0.25, 0.3) is 0 Å². The molecule has 0 bridgehead atoms. The van der Waals surface area contributed by atoms with E-state index in [4.69, 9.17) is 9.47 Å². The molecule has 278 valence electrons. The van der Waals surface area contributed by atoms with Gasteiger partial charge in [-0.3, -0.25) is 24.0 Å². The van der Waals surface area contributed by atoms with E-state index in [1.54, 1.807) is 54.2 Å². The summed E-state index contributed by atoms with van der Waals surface area (Å²) in [4.78, 5) is 71.5. The molecule has 3 rings (SSSR count). The lowest BCUT2D eigenvalue weighted by Gasteiger charge is -2.37. The Morgan fingerprint density at radius 2 is 1.65 bits per heavy atom. The van der Waals surface area contributed by atoms with Gasteiger partial charge in [-0.15, -0.1) is 11.3 Å². The number of likely N-dealkylation sites (N-methyl/N-ethyl adjacent to an activating group) is 1. The second kappa shape index (κ2) is 19.2. The van der Waals surface area contributed by atoms with Crippen LogP contribution in [-0.4, -0.2) is 76.4 Å². The van der Waals surface area contributed by atoms with E-state index in [2.05, 4.69) is 15.6 Å². The Kier molecular flexibility index (Phi) is 15.4. The first-order valence-corrected chi connectivity index (χ1v) is 18.3. The second-order valence-corrected chi connectivity index (χ2v) is 14.4. The Morgan fingerprint density at radius 1 is 0.961 bits per heavy atom. The van der Waals surface area contributed by atoms with Crippen molar-refractivity contribution in [2.24, 2.45) is 24.8 Å². The van der Waals surface area contributed by atoms with E-state index in [-0.39, 0.29) is 47.8 Å². The van der Waals surface area contributed by atoms with Gasteiger partial charge in [0, 0.05) is 51.1 Å². The summed E-state index contributed by atoms with van der Waals surface area (Å²) in [7, 11) is 4.81. The molecule has 6 atom stereocenters. The third kappa shape index (κ3) is 11.5. The van der Waals surface area contributed by atoms with Gasteiger partial charge in [0.05, 0.1) is 13.0 Å². The number of benzene rings is 1. The van der Waals surface area contributed by atoms with Crippen LogP contribution in [-0.2, 0) is 37.3 Å². The predicted octanol–water partition coefficient (Wildman–Crippen LogP) is 5.34. The fourth-order valence-corrected chi connectivity index (χ4v) is 6.93. The van der Waals surface area contributed by atoms with E-state index in [0.717, 1.165) is 5.56 Å². The fourth-order valence-electron chi connectivity index (χ4n) is 6.09. The number of carbonyl (C=O) groups excluding carboxylic acids is 5. The molecule has 51 heavy (non-hydrogen) atoms. The molecule has 2 aromatic heterocycles. The Hall–Kier alpha value is -4.52. The number of ether oxygens (including phenoxy) is 2. The van der Waals surface area contributed by atoms with E-state index in [0.29, 0.717) is 30.0 Å². The molecule has 0 spiro atoms. The summed E-state index contributed by atoms with van der Waals surface area (Å²) in [6, 6.07) is 11.6. The van der Waals surface area contributed by atoms with Gasteiger partial charge >= 0.3 is 11.9 Å². The van der Waals surface area contributed by atoms with E-state index in [1.165, 1.54) is 25.4 Å². The van der Waals surface area contributed by atoms with Crippen LogP contribution in [0, 0.1) is 17.8 Å². The van der Waals surface area contributed by atoms with Gasteiger partial charge < -0.3 is 29.6 Å². The topological polar surface area (TPSA) is 149 Å². The number of aryl methyl sites for hydroxylation is 1. The SMILES string of the molecule is CC[C@H](C)[C@H](NC(=O)c1cccn1C)C(=O)N(C)[C@H](C[C@@H](OC(C)=O)c1nc(C(=O)N[C@@H](Cc2ccccc2)C[C@H](C)C(=O)OC)cs1)C(C)C. The Bertz CT molecular complexity index is 1620. The number of esters is 2. The molecule has 0 fully saturated rings. The maximum atomic E-state index is 14.1. The summed E-state index contributed by atoms with van der Waals surface area (Å²) in [5.41, 5.74) is 1.60. The minimum absolute atomic E-state index is 0.0588. The smallest absolute Gasteiger partial charge is 0.308 e. The van der Waals surface area contributed by atoms with Gasteiger partial charge in [-0.05, 0) is 42.4 Å². The molecule has 0 aliphatic carbocycles. The highest BCUT2D eigenvalue weighted by Gasteiger charge is 2.36. The summed E-state index contributed by atoms with van der Waals surface area (Å²) < 4.78 is 12.4. The van der Waals surface area contributed by atoms with E-state index in [1.807, 2.05) is 58.0 Å². The highest BCUT2D eigenvalue weighted by Crippen LogP contribution is 2.31. The van der Waals surface area contributed by atoms with Crippen molar-refractivity contribution < 1.29 is 33.4 Å². The second-order valence-electron chi connectivity index (χ2n) is 13.5. The maximum Gasteiger partial charge on any atom is 0.308 e. The van der Waals surface area contributed by atoms with E-state index < -0.39 is 36.0 Å². The van der Waals surface area contributed by atoms with Crippen molar-refractivity contribution in [1.82, 2.24) is 25.1 Å². The van der Waals surface area contributed by atoms with E-state index in [9.17, 15) is 24.0 Å². The van der Waals surface area contributed by atoms with Crippen LogP contribution in [0.1, 0.15) is 98.5 Å². The molecule has 13 heteroatoms. The molecule has 0 radical (unpaired) electrons. The zero-order valence-corrected chi connectivity index (χ0v) is 32.0. The number of nitrogens with zero attached hydrogens (tertiary/aromatic N) is 3. The Morgan fingerprint density at radius 3 is 2.22 bits per heavy atom. The van der Waals surface area contributed by atoms with Crippen molar-refractivity contribution in [3.05, 3.63) is 76.0 Å². The number of nitrogens with one attached hydrogen (secondary N) is 2. The third-order valence-electron chi connectivity index (χ3n) is 9.25. The van der Waals surface area contributed by atoms with E-state index >= 15 is 0 Å². The quantitative estimate of drug-likeness (QED) is 0.167. The monoisotopic (exact) mass is 723 g/mol. The molecule has 0 saturated heterocycles. The number of amides is 3. The first-order chi connectivity index (χ1) is 24.2. The third-order valence-corrected chi connectivity index (χ3v) is 10.2. The number of carbonyl (C=O) groups is 5. The molecule has 0 unspecified atom stereocenters. The average Bonchev–Trinajstić information content (AvgIpc) is 3.77. The van der Waals surface area contributed by atoms with Crippen LogP contribution in [0.3, 0.4) is 0 Å². The predicted molar refractivity (Wildman–Crippen MR) is 196 cm³/mol. The molecule has 12 nitrogen and oxygen atoms in total. The van der Waals surface area contributed by atoms with Gasteiger partial charge in [0.1, 0.15) is 22.4 Å². The fraction of sp³-hybridized carbons (Fsp3) is 0.526. The van der Waals surface area contributed by atoms with Crippen LogP contribution in [0.2, 0.25) is 0 Å². The lowest BCUT2D eigenvalue weighted by Crippen LogP contribution is -2.54. The van der Waals surface area contributed by atoms with Crippen molar-refractivity contribution in [2.45, 2.75) is 91.5 Å². The molecule has 1 aromatic carbocycles. The molecular weight excluding hydrogens is 671 g/mol. The zero-order valence-electron chi connectivity index (χ0n) is 31.2. The average molecular weight is 724 g/mol. The largest absolute Gasteiger partial charge is 0.469 e. The molecule has 0 saturated carbocycles. The van der Waals surface area contributed by atoms with Crippen molar-refractivity contribution in [3.63, 3.8) is 0 Å². The van der Waals surface area contributed by atoms with Crippen LogP contribution in [0.4, 0.5) is 0 Å². The normalized spacial score (nSPS) is 14.8. The van der Waals surface area contributed by atoms with Gasteiger partial charge in [0.2, 0.25) is 5.91 Å². The number of rotatable bonds is 18. The molecule has 2 N–H and O–H groups in total. The summed E-state index contributed by atoms with van der Waals surface area (Å²) in [5, 5.41) is 8.02. The molecule has 2 heterocycles. The molecule has 3 amide bonds. The Labute approximate surface area is 305 Å². The lowest BCUT2D eigenvalue weighted by atomic mass is 9.93. The Balaban J connectivity index is 1.83. The molecule has 3 aromatic rings. The summed E-state index contributed by atoms with van der Waals surface area (Å²) in [6.45, 7) is 10.9. The van der Waals surface area contributed by atoms with Gasteiger partial charge in [-0.25, -0.2) is 4.98 Å². The molecule has 0 aliphatic heterocycles. The molecule has 0 aliphatic rings. The number of hydrogen-bond donors (Lipinski definition) is 2. The number of aromatic nitrogens is 2. The lowest BCUT2D eigenvalue weighted by molar-refractivity contribution is -0.149. The number of thiazole rings is 1. The van der Waals surface area contributed by atoms with Crippen LogP contribution >= 0.6 is 11.3 Å².